The maximum Gasteiger partial charge on any atom is 0.226 e. The topological polar surface area (TPSA) is 73.9 Å². The van der Waals surface area contributed by atoms with E-state index < -0.39 is 11.2 Å². The molecule has 1 aromatic carbocycles. The third kappa shape index (κ3) is 4.73. The smallest absolute Gasteiger partial charge is 0.226 e. The fourth-order valence-corrected chi connectivity index (χ4v) is 2.09. The average molecular weight is 289 g/mol. The first-order chi connectivity index (χ1) is 10.2. The molecule has 0 atom stereocenters. The summed E-state index contributed by atoms with van der Waals surface area (Å²) in [6.07, 6.45) is 1.90. The molecule has 0 aliphatic heterocycles. The minimum absolute atomic E-state index is 0.0388. The van der Waals surface area contributed by atoms with Crippen LogP contribution < -0.4 is 5.43 Å². The first-order valence-electron chi connectivity index (χ1n) is 6.87. The maximum atomic E-state index is 11.4. The zero-order valence-electron chi connectivity index (χ0n) is 11.7. The Morgan fingerprint density at radius 2 is 1.90 bits per heavy atom. The van der Waals surface area contributed by atoms with Crippen molar-refractivity contribution in [2.75, 3.05) is 19.7 Å². The van der Waals surface area contributed by atoms with Gasteiger partial charge in [0.1, 0.15) is 12.0 Å². The Labute approximate surface area is 123 Å². The van der Waals surface area contributed by atoms with Crippen LogP contribution in [0.4, 0.5) is 0 Å². The summed E-state index contributed by atoms with van der Waals surface area (Å²) in [4.78, 5) is 13.4. The highest BCUT2D eigenvalue weighted by molar-refractivity contribution is 5.16. The molecule has 0 aliphatic rings. The quantitative estimate of drug-likeness (QED) is 0.805. The third-order valence-corrected chi connectivity index (χ3v) is 3.22. The summed E-state index contributed by atoms with van der Waals surface area (Å²) in [5.74, 6) is 0.0797. The molecular weight excluding hydrogens is 270 g/mol. The zero-order chi connectivity index (χ0) is 15.1. The summed E-state index contributed by atoms with van der Waals surface area (Å²) in [6, 6.07) is 11.3. The Kier molecular flexibility index (Phi) is 5.54. The second-order valence-electron chi connectivity index (χ2n) is 4.83. The van der Waals surface area contributed by atoms with Crippen molar-refractivity contribution in [3.63, 3.8) is 0 Å². The third-order valence-electron chi connectivity index (χ3n) is 3.22. The number of aliphatic hydroxyl groups is 1. The van der Waals surface area contributed by atoms with Crippen molar-refractivity contribution in [3.8, 4) is 5.75 Å². The van der Waals surface area contributed by atoms with Gasteiger partial charge in [0.25, 0.3) is 0 Å². The molecular formula is C16H19NO4. The van der Waals surface area contributed by atoms with Gasteiger partial charge in [-0.15, -0.1) is 0 Å². The predicted octanol–water partition coefficient (Wildman–Crippen LogP) is 1.38. The average Bonchev–Trinajstić information content (AvgIpc) is 2.50. The number of rotatable bonds is 7. The van der Waals surface area contributed by atoms with Gasteiger partial charge in [-0.1, -0.05) is 30.3 Å². The van der Waals surface area contributed by atoms with Crippen LogP contribution in [-0.4, -0.2) is 34.8 Å². The molecule has 0 saturated carbocycles. The van der Waals surface area contributed by atoms with Gasteiger partial charge in [0.15, 0.2) is 5.75 Å². The molecule has 1 heterocycles. The number of hydrogen-bond donors (Lipinski definition) is 2. The van der Waals surface area contributed by atoms with Crippen molar-refractivity contribution >= 4 is 0 Å². The molecule has 0 aliphatic carbocycles. The minimum atomic E-state index is -0.455. The van der Waals surface area contributed by atoms with Crippen LogP contribution in [-0.2, 0) is 13.0 Å². The van der Waals surface area contributed by atoms with Crippen LogP contribution in [0.25, 0.3) is 0 Å². The molecule has 5 heteroatoms. The summed E-state index contributed by atoms with van der Waals surface area (Å²) in [6.45, 7) is 1.70. The Morgan fingerprint density at radius 3 is 2.57 bits per heavy atom. The predicted molar refractivity (Wildman–Crippen MR) is 79.2 cm³/mol. The Balaban J connectivity index is 1.98. The van der Waals surface area contributed by atoms with Gasteiger partial charge in [0.05, 0.1) is 13.2 Å². The first kappa shape index (κ1) is 15.3. The van der Waals surface area contributed by atoms with Crippen molar-refractivity contribution < 1.29 is 14.6 Å². The molecule has 0 unspecified atom stereocenters. The lowest BCUT2D eigenvalue weighted by molar-refractivity contribution is 0.180. The number of nitrogens with zero attached hydrogens (tertiary/aromatic N) is 1. The number of hydrogen-bond acceptors (Lipinski definition) is 5. The van der Waals surface area contributed by atoms with E-state index in [0.29, 0.717) is 18.8 Å². The van der Waals surface area contributed by atoms with E-state index in [0.717, 1.165) is 19.2 Å². The van der Waals surface area contributed by atoms with Crippen LogP contribution in [0, 0.1) is 0 Å². The monoisotopic (exact) mass is 289 g/mol. The van der Waals surface area contributed by atoms with Crippen LogP contribution in [0.2, 0.25) is 0 Å². The molecule has 0 spiro atoms. The van der Waals surface area contributed by atoms with Gasteiger partial charge >= 0.3 is 0 Å². The van der Waals surface area contributed by atoms with Gasteiger partial charge in [-0.25, -0.2) is 0 Å². The minimum Gasteiger partial charge on any atom is -0.502 e. The van der Waals surface area contributed by atoms with E-state index in [1.165, 1.54) is 11.6 Å². The highest BCUT2D eigenvalue weighted by Crippen LogP contribution is 2.08. The molecule has 0 amide bonds. The largest absolute Gasteiger partial charge is 0.502 e. The van der Waals surface area contributed by atoms with Crippen LogP contribution >= 0.6 is 0 Å². The van der Waals surface area contributed by atoms with Crippen molar-refractivity contribution in [2.24, 2.45) is 0 Å². The molecule has 2 N–H and O–H groups in total. The normalized spacial score (nSPS) is 11.0. The van der Waals surface area contributed by atoms with E-state index >= 15 is 0 Å². The highest BCUT2D eigenvalue weighted by Gasteiger charge is 2.09. The lowest BCUT2D eigenvalue weighted by atomic mass is 10.1. The fraction of sp³-hybridized carbons (Fsp3) is 0.312. The van der Waals surface area contributed by atoms with Crippen molar-refractivity contribution in [3.05, 3.63) is 64.2 Å². The summed E-state index contributed by atoms with van der Waals surface area (Å²) in [7, 11) is 0. The van der Waals surface area contributed by atoms with Crippen molar-refractivity contribution in [1.82, 2.24) is 4.90 Å². The van der Waals surface area contributed by atoms with Crippen LogP contribution in [0.1, 0.15) is 11.3 Å². The van der Waals surface area contributed by atoms with Crippen LogP contribution in [0.5, 0.6) is 5.75 Å². The summed E-state index contributed by atoms with van der Waals surface area (Å²) in [5, 5.41) is 18.3. The number of benzene rings is 1. The molecule has 5 nitrogen and oxygen atoms in total. The molecule has 0 radical (unpaired) electrons. The van der Waals surface area contributed by atoms with Gasteiger partial charge < -0.3 is 14.6 Å². The second kappa shape index (κ2) is 7.61. The second-order valence-corrected chi connectivity index (χ2v) is 4.83. The zero-order valence-corrected chi connectivity index (χ0v) is 11.7. The van der Waals surface area contributed by atoms with Gasteiger partial charge in [-0.3, -0.25) is 9.69 Å². The van der Waals surface area contributed by atoms with E-state index in [2.05, 4.69) is 12.1 Å². The molecule has 2 rings (SSSR count). The molecule has 1 aromatic heterocycles. The molecule has 0 saturated heterocycles. The van der Waals surface area contributed by atoms with Crippen LogP contribution in [0.3, 0.4) is 0 Å². The lowest BCUT2D eigenvalue weighted by Crippen LogP contribution is -2.29. The number of aliphatic hydroxyl groups excluding tert-OH is 1. The molecule has 0 fully saturated rings. The van der Waals surface area contributed by atoms with E-state index in [1.807, 2.05) is 23.1 Å². The van der Waals surface area contributed by atoms with E-state index in [-0.39, 0.29) is 6.61 Å². The van der Waals surface area contributed by atoms with Crippen LogP contribution in [0.15, 0.2) is 51.9 Å². The maximum absolute atomic E-state index is 11.4. The lowest BCUT2D eigenvalue weighted by Gasteiger charge is -2.20. The number of aromatic hydroxyl groups is 1. The Morgan fingerprint density at radius 1 is 1.14 bits per heavy atom. The van der Waals surface area contributed by atoms with Crippen molar-refractivity contribution in [2.45, 2.75) is 13.0 Å². The SMILES string of the molecule is O=c1cc(CN(CCO)CCc2ccccc2)occ1O. The highest BCUT2D eigenvalue weighted by atomic mass is 16.4. The molecule has 0 bridgehead atoms. The van der Waals surface area contributed by atoms with E-state index in [4.69, 9.17) is 9.52 Å². The van der Waals surface area contributed by atoms with Crippen molar-refractivity contribution in [1.29, 1.82) is 0 Å². The van der Waals surface area contributed by atoms with Gasteiger partial charge in [-0.2, -0.15) is 0 Å². The standard InChI is InChI=1S/C16H19NO4/c18-9-8-17(7-6-13-4-2-1-3-5-13)11-14-10-15(19)16(20)12-21-14/h1-5,10,12,18,20H,6-9,11H2. The summed E-state index contributed by atoms with van der Waals surface area (Å²) >= 11 is 0. The molecule has 21 heavy (non-hydrogen) atoms. The molecule has 112 valence electrons. The fourth-order valence-electron chi connectivity index (χ4n) is 2.09. The van der Waals surface area contributed by atoms with Gasteiger partial charge in [0.2, 0.25) is 5.43 Å². The van der Waals surface area contributed by atoms with E-state index in [9.17, 15) is 9.90 Å². The van der Waals surface area contributed by atoms with E-state index in [1.54, 1.807) is 0 Å². The summed E-state index contributed by atoms with van der Waals surface area (Å²) in [5.41, 5.74) is 0.760. The Bertz CT molecular complexity index is 609. The summed E-state index contributed by atoms with van der Waals surface area (Å²) < 4.78 is 5.19. The first-order valence-corrected chi connectivity index (χ1v) is 6.87. The van der Waals surface area contributed by atoms with Gasteiger partial charge in [-0.05, 0) is 12.0 Å². The molecule has 2 aromatic rings. The Hall–Kier alpha value is -2.11. The van der Waals surface area contributed by atoms with Gasteiger partial charge in [0, 0.05) is 19.2 Å².